The van der Waals surface area contributed by atoms with Gasteiger partial charge in [-0.15, -0.1) is 6.58 Å². The molecule has 3 heteroatoms. The molecule has 1 aliphatic rings. The minimum absolute atomic E-state index is 0.0870. The largest absolute Gasteiger partial charge is 0.352 e. The molecule has 0 heterocycles. The average Bonchev–Trinajstić information content (AvgIpc) is 2.47. The lowest BCUT2D eigenvalue weighted by Gasteiger charge is -2.29. The zero-order valence-electron chi connectivity index (χ0n) is 13.2. The predicted molar refractivity (Wildman–Crippen MR) is 83.2 cm³/mol. The monoisotopic (exact) mass is 268 g/mol. The molecule has 0 bridgehead atoms. The maximum absolute atomic E-state index is 11.7. The van der Waals surface area contributed by atoms with E-state index < -0.39 is 0 Å². The SMILES string of the molecule is C=CCC.CN[C@@H](C)C(=O)NC(C)C1CCCCC1. The van der Waals surface area contributed by atoms with Crippen molar-refractivity contribution in [3.8, 4) is 0 Å². The van der Waals surface area contributed by atoms with E-state index in [9.17, 15) is 4.79 Å². The van der Waals surface area contributed by atoms with Crippen molar-refractivity contribution in [2.45, 2.75) is 71.4 Å². The zero-order valence-corrected chi connectivity index (χ0v) is 13.2. The van der Waals surface area contributed by atoms with Crippen molar-refractivity contribution < 1.29 is 4.79 Å². The number of hydrogen-bond acceptors (Lipinski definition) is 2. The van der Waals surface area contributed by atoms with Crippen LogP contribution < -0.4 is 10.6 Å². The molecule has 1 saturated carbocycles. The molecule has 1 fully saturated rings. The molecule has 112 valence electrons. The molecule has 0 spiro atoms. The van der Waals surface area contributed by atoms with Crippen molar-refractivity contribution in [2.75, 3.05) is 7.05 Å². The van der Waals surface area contributed by atoms with Gasteiger partial charge in [-0.1, -0.05) is 32.3 Å². The molecule has 3 nitrogen and oxygen atoms in total. The zero-order chi connectivity index (χ0) is 14.7. The van der Waals surface area contributed by atoms with Crippen LogP contribution in [0.4, 0.5) is 0 Å². The Morgan fingerprint density at radius 3 is 2.26 bits per heavy atom. The van der Waals surface area contributed by atoms with E-state index in [1.54, 1.807) is 0 Å². The summed E-state index contributed by atoms with van der Waals surface area (Å²) in [5.74, 6) is 0.808. The molecule has 0 aromatic carbocycles. The summed E-state index contributed by atoms with van der Waals surface area (Å²) < 4.78 is 0. The maximum atomic E-state index is 11.7. The van der Waals surface area contributed by atoms with E-state index in [1.165, 1.54) is 32.1 Å². The molecule has 0 saturated heterocycles. The second-order valence-electron chi connectivity index (χ2n) is 5.40. The van der Waals surface area contributed by atoms with Crippen LogP contribution in [0.2, 0.25) is 0 Å². The minimum Gasteiger partial charge on any atom is -0.352 e. The fourth-order valence-corrected chi connectivity index (χ4v) is 2.23. The second kappa shape index (κ2) is 11.0. The lowest BCUT2D eigenvalue weighted by atomic mass is 9.84. The van der Waals surface area contributed by atoms with E-state index in [4.69, 9.17) is 0 Å². The van der Waals surface area contributed by atoms with Crippen molar-refractivity contribution in [3.05, 3.63) is 12.7 Å². The van der Waals surface area contributed by atoms with Crippen LogP contribution in [0.5, 0.6) is 0 Å². The lowest BCUT2D eigenvalue weighted by Crippen LogP contribution is -2.46. The molecular weight excluding hydrogens is 236 g/mol. The van der Waals surface area contributed by atoms with Gasteiger partial charge in [0.15, 0.2) is 0 Å². The number of rotatable bonds is 5. The molecule has 1 aliphatic carbocycles. The van der Waals surface area contributed by atoms with Crippen LogP contribution in [0, 0.1) is 5.92 Å². The van der Waals surface area contributed by atoms with Crippen molar-refractivity contribution in [3.63, 3.8) is 0 Å². The smallest absolute Gasteiger partial charge is 0.237 e. The van der Waals surface area contributed by atoms with Crippen LogP contribution in [0.25, 0.3) is 0 Å². The Morgan fingerprint density at radius 2 is 1.84 bits per heavy atom. The third-order valence-electron chi connectivity index (χ3n) is 3.84. The summed E-state index contributed by atoms with van der Waals surface area (Å²) in [6.45, 7) is 9.57. The Kier molecular flexibility index (Phi) is 10.6. The van der Waals surface area contributed by atoms with Gasteiger partial charge in [0.05, 0.1) is 6.04 Å². The van der Waals surface area contributed by atoms with Gasteiger partial charge < -0.3 is 10.6 Å². The van der Waals surface area contributed by atoms with Gasteiger partial charge in [0, 0.05) is 6.04 Å². The summed E-state index contributed by atoms with van der Waals surface area (Å²) in [7, 11) is 1.82. The highest BCUT2D eigenvalue weighted by Crippen LogP contribution is 2.26. The summed E-state index contributed by atoms with van der Waals surface area (Å²) >= 11 is 0. The summed E-state index contributed by atoms with van der Waals surface area (Å²) in [5.41, 5.74) is 0. The first-order chi connectivity index (χ1) is 9.06. The highest BCUT2D eigenvalue weighted by Gasteiger charge is 2.22. The Labute approximate surface area is 119 Å². The molecule has 0 aliphatic heterocycles. The predicted octanol–water partition coefficient (Wildman–Crippen LogP) is 3.26. The van der Waals surface area contributed by atoms with E-state index in [2.05, 4.69) is 31.1 Å². The normalized spacial score (nSPS) is 18.7. The quantitative estimate of drug-likeness (QED) is 0.751. The third kappa shape index (κ3) is 8.04. The molecule has 0 radical (unpaired) electrons. The number of carbonyl (C=O) groups excluding carboxylic acids is 1. The number of nitrogens with one attached hydrogen (secondary N) is 2. The van der Waals surface area contributed by atoms with E-state index in [0.717, 1.165) is 6.42 Å². The van der Waals surface area contributed by atoms with Crippen molar-refractivity contribution in [1.29, 1.82) is 0 Å². The van der Waals surface area contributed by atoms with Crippen molar-refractivity contribution >= 4 is 5.91 Å². The molecular formula is C16H32N2O. The Morgan fingerprint density at radius 1 is 1.32 bits per heavy atom. The third-order valence-corrected chi connectivity index (χ3v) is 3.84. The van der Waals surface area contributed by atoms with E-state index in [1.807, 2.05) is 20.0 Å². The molecule has 0 aromatic rings. The standard InChI is InChI=1S/C12H24N2O.C4H8/c1-9(11-7-5-4-6-8-11)14-12(15)10(2)13-3;1-3-4-2/h9-11,13H,4-8H2,1-3H3,(H,14,15);3H,1,4H2,2H3/t9?,10-;/m0./s1. The molecule has 19 heavy (non-hydrogen) atoms. The Hall–Kier alpha value is -0.830. The summed E-state index contributed by atoms with van der Waals surface area (Å²) in [6.07, 6.45) is 9.52. The van der Waals surface area contributed by atoms with Gasteiger partial charge in [-0.25, -0.2) is 0 Å². The molecule has 0 aromatic heterocycles. The van der Waals surface area contributed by atoms with Gasteiger partial charge in [0.2, 0.25) is 5.91 Å². The van der Waals surface area contributed by atoms with Crippen LogP contribution >= 0.6 is 0 Å². The van der Waals surface area contributed by atoms with Gasteiger partial charge in [0.1, 0.15) is 0 Å². The summed E-state index contributed by atoms with van der Waals surface area (Å²) in [6, 6.07) is 0.240. The van der Waals surface area contributed by atoms with E-state index in [-0.39, 0.29) is 11.9 Å². The Balaban J connectivity index is 0.000000711. The molecule has 1 unspecified atom stereocenters. The van der Waals surface area contributed by atoms with Crippen LogP contribution in [0.3, 0.4) is 0 Å². The molecule has 1 amide bonds. The van der Waals surface area contributed by atoms with Gasteiger partial charge >= 0.3 is 0 Å². The summed E-state index contributed by atoms with van der Waals surface area (Å²) in [4.78, 5) is 11.7. The average molecular weight is 268 g/mol. The lowest BCUT2D eigenvalue weighted by molar-refractivity contribution is -0.123. The van der Waals surface area contributed by atoms with Crippen LogP contribution in [0.1, 0.15) is 59.3 Å². The summed E-state index contributed by atoms with van der Waals surface area (Å²) in [5, 5.41) is 6.06. The first-order valence-electron chi connectivity index (χ1n) is 7.65. The Bertz CT molecular complexity index is 247. The fraction of sp³-hybridized carbons (Fsp3) is 0.812. The van der Waals surface area contributed by atoms with Gasteiger partial charge in [0.25, 0.3) is 0 Å². The highest BCUT2D eigenvalue weighted by molar-refractivity contribution is 5.81. The van der Waals surface area contributed by atoms with Crippen LogP contribution in [-0.4, -0.2) is 25.0 Å². The van der Waals surface area contributed by atoms with Crippen molar-refractivity contribution in [2.24, 2.45) is 5.92 Å². The first kappa shape index (κ1) is 18.2. The molecule has 1 rings (SSSR count). The van der Waals surface area contributed by atoms with Gasteiger partial charge in [-0.3, -0.25) is 4.79 Å². The molecule has 2 atom stereocenters. The van der Waals surface area contributed by atoms with E-state index >= 15 is 0 Å². The second-order valence-corrected chi connectivity index (χ2v) is 5.40. The number of hydrogen-bond donors (Lipinski definition) is 2. The highest BCUT2D eigenvalue weighted by atomic mass is 16.2. The number of carbonyl (C=O) groups is 1. The first-order valence-corrected chi connectivity index (χ1v) is 7.65. The topological polar surface area (TPSA) is 41.1 Å². The van der Waals surface area contributed by atoms with Gasteiger partial charge in [-0.2, -0.15) is 0 Å². The number of amides is 1. The minimum atomic E-state index is -0.0870. The molecule has 2 N–H and O–H groups in total. The van der Waals surface area contributed by atoms with Crippen LogP contribution in [-0.2, 0) is 4.79 Å². The van der Waals surface area contributed by atoms with E-state index in [0.29, 0.717) is 12.0 Å². The maximum Gasteiger partial charge on any atom is 0.237 e. The van der Waals surface area contributed by atoms with Crippen molar-refractivity contribution in [1.82, 2.24) is 10.6 Å². The number of likely N-dealkylation sites (N-methyl/N-ethyl adjacent to an activating group) is 1. The number of allylic oxidation sites excluding steroid dienone is 1. The van der Waals surface area contributed by atoms with Gasteiger partial charge in [-0.05, 0) is 46.1 Å². The fourth-order valence-electron chi connectivity index (χ4n) is 2.23. The van der Waals surface area contributed by atoms with Crippen LogP contribution in [0.15, 0.2) is 12.7 Å².